The van der Waals surface area contributed by atoms with Crippen LogP contribution in [-0.2, 0) is 13.7 Å². The van der Waals surface area contributed by atoms with Crippen molar-refractivity contribution < 1.29 is 9.53 Å². The van der Waals surface area contributed by atoms with Gasteiger partial charge in [-0.05, 0) is 36.8 Å². The molecule has 3 rings (SSSR count). The molecule has 2 aromatic carbocycles. The summed E-state index contributed by atoms with van der Waals surface area (Å²) in [5, 5.41) is 3.00. The number of nitrogens with one attached hydrogen (secondary N) is 1. The molecule has 1 aromatic heterocycles. The molecule has 0 spiro atoms. The minimum Gasteiger partial charge on any atom is -0.486 e. The molecule has 5 nitrogen and oxygen atoms in total. The van der Waals surface area contributed by atoms with Crippen molar-refractivity contribution in [2.75, 3.05) is 0 Å². The Labute approximate surface area is 147 Å². The summed E-state index contributed by atoms with van der Waals surface area (Å²) in [5.74, 6) is 1.45. The Kier molecular flexibility index (Phi) is 5.14. The molecule has 1 heterocycles. The van der Waals surface area contributed by atoms with Crippen LogP contribution in [0.25, 0.3) is 0 Å². The normalized spacial score (nSPS) is 11.8. The third-order valence-corrected chi connectivity index (χ3v) is 4.05. The molecule has 0 saturated carbocycles. The molecule has 0 aliphatic heterocycles. The van der Waals surface area contributed by atoms with Gasteiger partial charge in [0.25, 0.3) is 5.91 Å². The van der Waals surface area contributed by atoms with Crippen LogP contribution < -0.4 is 10.1 Å². The monoisotopic (exact) mass is 335 g/mol. The Hall–Kier alpha value is -3.08. The van der Waals surface area contributed by atoms with E-state index in [1.807, 2.05) is 55.1 Å². The first-order chi connectivity index (χ1) is 12.1. The number of hydrogen-bond acceptors (Lipinski definition) is 3. The van der Waals surface area contributed by atoms with Crippen molar-refractivity contribution in [3.05, 3.63) is 83.9 Å². The number of rotatable bonds is 6. The van der Waals surface area contributed by atoms with Crippen molar-refractivity contribution in [1.29, 1.82) is 0 Å². The lowest BCUT2D eigenvalue weighted by molar-refractivity contribution is 0.0940. The molecular weight excluding hydrogens is 314 g/mol. The summed E-state index contributed by atoms with van der Waals surface area (Å²) in [4.78, 5) is 16.6. The Bertz CT molecular complexity index is 826. The molecule has 0 aliphatic carbocycles. The van der Waals surface area contributed by atoms with Gasteiger partial charge < -0.3 is 14.6 Å². The maximum atomic E-state index is 12.4. The van der Waals surface area contributed by atoms with E-state index < -0.39 is 0 Å². The Balaban J connectivity index is 1.58. The minimum absolute atomic E-state index is 0.0481. The van der Waals surface area contributed by atoms with Gasteiger partial charge >= 0.3 is 0 Å². The summed E-state index contributed by atoms with van der Waals surface area (Å²) in [7, 11) is 1.92. The van der Waals surface area contributed by atoms with Crippen LogP contribution in [0.15, 0.2) is 67.0 Å². The Morgan fingerprint density at radius 3 is 2.52 bits per heavy atom. The molecule has 128 valence electrons. The van der Waals surface area contributed by atoms with Gasteiger partial charge in [0.15, 0.2) is 0 Å². The van der Waals surface area contributed by atoms with Crippen molar-refractivity contribution in [2.24, 2.45) is 7.05 Å². The highest BCUT2D eigenvalue weighted by atomic mass is 16.5. The second-order valence-corrected chi connectivity index (χ2v) is 5.87. The van der Waals surface area contributed by atoms with Gasteiger partial charge in [0.05, 0.1) is 6.04 Å². The fourth-order valence-electron chi connectivity index (χ4n) is 2.49. The number of carbonyl (C=O) groups excluding carboxylic acids is 1. The summed E-state index contributed by atoms with van der Waals surface area (Å²) in [6.45, 7) is 2.36. The van der Waals surface area contributed by atoms with Crippen LogP contribution in [-0.4, -0.2) is 15.5 Å². The van der Waals surface area contributed by atoms with E-state index in [9.17, 15) is 4.79 Å². The number of aromatic nitrogens is 2. The molecular formula is C20H21N3O2. The van der Waals surface area contributed by atoms with Gasteiger partial charge in [0, 0.05) is 25.0 Å². The first-order valence-corrected chi connectivity index (χ1v) is 8.18. The molecule has 0 saturated heterocycles. The molecule has 0 bridgehead atoms. The van der Waals surface area contributed by atoms with E-state index in [2.05, 4.69) is 10.3 Å². The van der Waals surface area contributed by atoms with Gasteiger partial charge in [-0.15, -0.1) is 0 Å². The number of ether oxygens (including phenoxy) is 1. The van der Waals surface area contributed by atoms with Crippen molar-refractivity contribution in [3.63, 3.8) is 0 Å². The molecule has 0 aliphatic rings. The highest BCUT2D eigenvalue weighted by Crippen LogP contribution is 2.16. The largest absolute Gasteiger partial charge is 0.486 e. The number of hydrogen-bond donors (Lipinski definition) is 1. The van der Waals surface area contributed by atoms with Gasteiger partial charge in [-0.25, -0.2) is 4.98 Å². The summed E-state index contributed by atoms with van der Waals surface area (Å²) in [6.07, 6.45) is 3.61. The molecule has 1 N–H and O–H groups in total. The molecule has 0 radical (unpaired) electrons. The fraction of sp³-hybridized carbons (Fsp3) is 0.200. The van der Waals surface area contributed by atoms with Gasteiger partial charge in [0.2, 0.25) is 0 Å². The number of nitrogens with zero attached hydrogens (tertiary/aromatic N) is 2. The van der Waals surface area contributed by atoms with Crippen molar-refractivity contribution in [2.45, 2.75) is 19.6 Å². The summed E-state index contributed by atoms with van der Waals surface area (Å²) >= 11 is 0. The number of benzene rings is 2. The van der Waals surface area contributed by atoms with Gasteiger partial charge in [0.1, 0.15) is 18.2 Å². The lowest BCUT2D eigenvalue weighted by Gasteiger charge is -2.14. The maximum Gasteiger partial charge on any atom is 0.251 e. The molecule has 0 unspecified atom stereocenters. The smallest absolute Gasteiger partial charge is 0.251 e. The molecule has 1 atom stereocenters. The van der Waals surface area contributed by atoms with Crippen LogP contribution in [0, 0.1) is 0 Å². The highest BCUT2D eigenvalue weighted by Gasteiger charge is 2.11. The minimum atomic E-state index is -0.105. The lowest BCUT2D eigenvalue weighted by Crippen LogP contribution is -2.26. The molecule has 0 fully saturated rings. The SMILES string of the molecule is C[C@@H](NC(=O)c1ccc(OCc2nccn2C)cc1)c1ccccc1. The molecule has 5 heteroatoms. The number of imidazole rings is 1. The molecule has 1 amide bonds. The second kappa shape index (κ2) is 7.66. The van der Waals surface area contributed by atoms with E-state index in [1.54, 1.807) is 30.5 Å². The van der Waals surface area contributed by atoms with E-state index in [0.717, 1.165) is 11.4 Å². The fourth-order valence-corrected chi connectivity index (χ4v) is 2.49. The predicted octanol–water partition coefficient (Wildman–Crippen LogP) is 3.49. The standard InChI is InChI=1S/C20H21N3O2/c1-15(16-6-4-3-5-7-16)22-20(24)17-8-10-18(11-9-17)25-14-19-21-12-13-23(19)2/h3-13,15H,14H2,1-2H3,(H,22,24)/t15-/m1/s1. The highest BCUT2D eigenvalue weighted by molar-refractivity contribution is 5.94. The van der Waals surface area contributed by atoms with Crippen LogP contribution in [0.4, 0.5) is 0 Å². The van der Waals surface area contributed by atoms with Gasteiger partial charge in [-0.1, -0.05) is 30.3 Å². The van der Waals surface area contributed by atoms with Crippen molar-refractivity contribution in [1.82, 2.24) is 14.9 Å². The van der Waals surface area contributed by atoms with Gasteiger partial charge in [-0.2, -0.15) is 0 Å². The summed E-state index contributed by atoms with van der Waals surface area (Å²) in [6, 6.07) is 17.0. The van der Waals surface area contributed by atoms with Gasteiger partial charge in [-0.3, -0.25) is 4.79 Å². The zero-order valence-electron chi connectivity index (χ0n) is 14.3. The maximum absolute atomic E-state index is 12.4. The van der Waals surface area contributed by atoms with Crippen molar-refractivity contribution in [3.8, 4) is 5.75 Å². The third-order valence-electron chi connectivity index (χ3n) is 4.05. The zero-order valence-corrected chi connectivity index (χ0v) is 14.3. The van der Waals surface area contributed by atoms with E-state index in [1.165, 1.54) is 0 Å². The Morgan fingerprint density at radius 2 is 1.88 bits per heavy atom. The van der Waals surface area contributed by atoms with E-state index in [0.29, 0.717) is 17.9 Å². The summed E-state index contributed by atoms with van der Waals surface area (Å²) < 4.78 is 7.61. The van der Waals surface area contributed by atoms with Crippen LogP contribution in [0.3, 0.4) is 0 Å². The summed E-state index contributed by atoms with van der Waals surface area (Å²) in [5.41, 5.74) is 1.68. The number of carbonyl (C=O) groups is 1. The second-order valence-electron chi connectivity index (χ2n) is 5.87. The predicted molar refractivity (Wildman–Crippen MR) is 96.3 cm³/mol. The number of aryl methyl sites for hydroxylation is 1. The quantitative estimate of drug-likeness (QED) is 0.750. The first-order valence-electron chi connectivity index (χ1n) is 8.18. The van der Waals surface area contributed by atoms with E-state index >= 15 is 0 Å². The average Bonchev–Trinajstić information content (AvgIpc) is 3.06. The van der Waals surface area contributed by atoms with Crippen molar-refractivity contribution >= 4 is 5.91 Å². The topological polar surface area (TPSA) is 56.1 Å². The molecule has 25 heavy (non-hydrogen) atoms. The average molecular weight is 335 g/mol. The van der Waals surface area contributed by atoms with Crippen LogP contribution >= 0.6 is 0 Å². The Morgan fingerprint density at radius 1 is 1.16 bits per heavy atom. The lowest BCUT2D eigenvalue weighted by atomic mass is 10.1. The van der Waals surface area contributed by atoms with Crippen LogP contribution in [0.2, 0.25) is 0 Å². The third kappa shape index (κ3) is 4.26. The molecule has 3 aromatic rings. The van der Waals surface area contributed by atoms with E-state index in [-0.39, 0.29) is 11.9 Å². The van der Waals surface area contributed by atoms with Crippen LogP contribution in [0.1, 0.15) is 34.7 Å². The number of amides is 1. The van der Waals surface area contributed by atoms with Crippen LogP contribution in [0.5, 0.6) is 5.75 Å². The zero-order chi connectivity index (χ0) is 17.6. The van der Waals surface area contributed by atoms with E-state index in [4.69, 9.17) is 4.74 Å². The first kappa shape index (κ1) is 16.8.